The molecule has 3 rings (SSSR count). The van der Waals surface area contributed by atoms with Crippen LogP contribution in [0.3, 0.4) is 0 Å². The number of fused-ring (bicyclic) bond motifs is 1. The number of rotatable bonds is 6. The Bertz CT molecular complexity index is 860. The Morgan fingerprint density at radius 1 is 1.12 bits per heavy atom. The van der Waals surface area contributed by atoms with E-state index in [4.69, 9.17) is 4.99 Å². The van der Waals surface area contributed by atoms with Gasteiger partial charge < -0.3 is 10.6 Å². The van der Waals surface area contributed by atoms with E-state index >= 15 is 0 Å². The third kappa shape index (κ3) is 5.95. The van der Waals surface area contributed by atoms with E-state index < -0.39 is 0 Å². The fraction of sp³-hybridized carbons (Fsp3) is 0.300. The Balaban J connectivity index is 0.00000243. The Morgan fingerprint density at radius 2 is 1.92 bits per heavy atom. The molecule has 0 bridgehead atoms. The first kappa shape index (κ1) is 20.6. The first-order valence-electron chi connectivity index (χ1n) is 8.65. The SMILES string of the molecule is CCNC(=NCc1ccc2ccccc2c1)NCCc1csc(C)n1.I. The highest BCUT2D eigenvalue weighted by Gasteiger charge is 2.01. The minimum atomic E-state index is 0. The van der Waals surface area contributed by atoms with Gasteiger partial charge in [0.25, 0.3) is 0 Å². The number of benzene rings is 2. The van der Waals surface area contributed by atoms with Gasteiger partial charge in [0.15, 0.2) is 5.96 Å². The maximum absolute atomic E-state index is 4.70. The van der Waals surface area contributed by atoms with Crippen molar-refractivity contribution in [2.75, 3.05) is 13.1 Å². The summed E-state index contributed by atoms with van der Waals surface area (Å²) in [5.74, 6) is 0.850. The molecule has 4 nitrogen and oxygen atoms in total. The van der Waals surface area contributed by atoms with Gasteiger partial charge in [0.05, 0.1) is 17.2 Å². The molecular formula is C20H25IN4S. The molecule has 0 unspecified atom stereocenters. The number of halogens is 1. The lowest BCUT2D eigenvalue weighted by atomic mass is 10.1. The van der Waals surface area contributed by atoms with Gasteiger partial charge in [0.1, 0.15) is 0 Å². The van der Waals surface area contributed by atoms with Gasteiger partial charge in [-0.25, -0.2) is 9.98 Å². The van der Waals surface area contributed by atoms with Gasteiger partial charge >= 0.3 is 0 Å². The van der Waals surface area contributed by atoms with Gasteiger partial charge in [0.2, 0.25) is 0 Å². The molecule has 0 saturated carbocycles. The number of hydrogen-bond acceptors (Lipinski definition) is 3. The van der Waals surface area contributed by atoms with Gasteiger partial charge in [-0.1, -0.05) is 36.4 Å². The monoisotopic (exact) mass is 480 g/mol. The summed E-state index contributed by atoms with van der Waals surface area (Å²) < 4.78 is 0. The van der Waals surface area contributed by atoms with Gasteiger partial charge in [-0.2, -0.15) is 0 Å². The molecule has 2 N–H and O–H groups in total. The van der Waals surface area contributed by atoms with Crippen molar-refractivity contribution in [2.24, 2.45) is 4.99 Å². The molecule has 0 radical (unpaired) electrons. The Kier molecular flexibility index (Phi) is 8.31. The largest absolute Gasteiger partial charge is 0.357 e. The average molecular weight is 480 g/mol. The van der Waals surface area contributed by atoms with Gasteiger partial charge in [-0.05, 0) is 36.2 Å². The second kappa shape index (κ2) is 10.5. The van der Waals surface area contributed by atoms with E-state index in [-0.39, 0.29) is 24.0 Å². The topological polar surface area (TPSA) is 49.3 Å². The lowest BCUT2D eigenvalue weighted by Gasteiger charge is -2.11. The van der Waals surface area contributed by atoms with E-state index in [1.54, 1.807) is 11.3 Å². The van der Waals surface area contributed by atoms with E-state index in [2.05, 4.69) is 70.4 Å². The first-order chi connectivity index (χ1) is 12.2. The number of thiazole rings is 1. The van der Waals surface area contributed by atoms with Crippen molar-refractivity contribution >= 4 is 52.0 Å². The molecular weight excluding hydrogens is 455 g/mol. The van der Waals surface area contributed by atoms with Crippen LogP contribution in [0.1, 0.15) is 23.2 Å². The number of nitrogens with one attached hydrogen (secondary N) is 2. The van der Waals surface area contributed by atoms with Crippen LogP contribution in [0.2, 0.25) is 0 Å². The summed E-state index contributed by atoms with van der Waals surface area (Å²) in [5.41, 5.74) is 2.35. The molecule has 0 spiro atoms. The Labute approximate surface area is 176 Å². The van der Waals surface area contributed by atoms with Crippen LogP contribution in [-0.2, 0) is 13.0 Å². The Hall–Kier alpha value is -1.67. The molecule has 1 aromatic heterocycles. The zero-order valence-corrected chi connectivity index (χ0v) is 18.3. The average Bonchev–Trinajstić information content (AvgIpc) is 3.04. The molecule has 138 valence electrons. The molecule has 3 aromatic rings. The zero-order valence-electron chi connectivity index (χ0n) is 15.2. The molecule has 0 fully saturated rings. The molecule has 0 aliphatic heterocycles. The van der Waals surface area contributed by atoms with Crippen molar-refractivity contribution in [2.45, 2.75) is 26.8 Å². The molecule has 0 saturated heterocycles. The smallest absolute Gasteiger partial charge is 0.191 e. The van der Waals surface area contributed by atoms with Crippen LogP contribution in [-0.4, -0.2) is 24.0 Å². The van der Waals surface area contributed by atoms with Crippen molar-refractivity contribution in [1.82, 2.24) is 15.6 Å². The lowest BCUT2D eigenvalue weighted by molar-refractivity contribution is 0.790. The third-order valence-corrected chi connectivity index (χ3v) is 4.74. The van der Waals surface area contributed by atoms with Crippen molar-refractivity contribution in [3.63, 3.8) is 0 Å². The summed E-state index contributed by atoms with van der Waals surface area (Å²) in [6.45, 7) is 6.45. The molecule has 26 heavy (non-hydrogen) atoms. The van der Waals surface area contributed by atoms with Gasteiger partial charge in [0, 0.05) is 24.9 Å². The molecule has 0 aliphatic rings. The van der Waals surface area contributed by atoms with Crippen LogP contribution in [0.5, 0.6) is 0 Å². The summed E-state index contributed by atoms with van der Waals surface area (Å²) in [5, 5.41) is 12.4. The van der Waals surface area contributed by atoms with Crippen molar-refractivity contribution in [1.29, 1.82) is 0 Å². The molecule has 0 atom stereocenters. The highest BCUT2D eigenvalue weighted by Crippen LogP contribution is 2.16. The third-order valence-electron chi connectivity index (χ3n) is 3.92. The summed E-state index contributed by atoms with van der Waals surface area (Å²) >= 11 is 1.70. The van der Waals surface area contributed by atoms with Crippen molar-refractivity contribution in [3.8, 4) is 0 Å². The quantitative estimate of drug-likeness (QED) is 0.310. The van der Waals surface area contributed by atoms with Crippen molar-refractivity contribution < 1.29 is 0 Å². The van der Waals surface area contributed by atoms with Gasteiger partial charge in [-0.3, -0.25) is 0 Å². The fourth-order valence-corrected chi connectivity index (χ4v) is 3.33. The summed E-state index contributed by atoms with van der Waals surface area (Å²) in [4.78, 5) is 9.20. The number of nitrogens with zero attached hydrogens (tertiary/aromatic N) is 2. The number of aliphatic imine (C=N–C) groups is 1. The predicted octanol–water partition coefficient (Wildman–Crippen LogP) is 4.52. The van der Waals surface area contributed by atoms with Crippen LogP contribution in [0, 0.1) is 6.92 Å². The zero-order chi connectivity index (χ0) is 17.5. The minimum Gasteiger partial charge on any atom is -0.357 e. The lowest BCUT2D eigenvalue weighted by Crippen LogP contribution is -2.38. The predicted molar refractivity (Wildman–Crippen MR) is 123 cm³/mol. The molecule has 1 heterocycles. The van der Waals surface area contributed by atoms with Crippen LogP contribution >= 0.6 is 35.3 Å². The Morgan fingerprint density at radius 3 is 2.65 bits per heavy atom. The summed E-state index contributed by atoms with van der Waals surface area (Å²) in [6, 6.07) is 14.9. The van der Waals surface area contributed by atoms with Crippen LogP contribution < -0.4 is 10.6 Å². The maximum Gasteiger partial charge on any atom is 0.191 e. The second-order valence-corrected chi connectivity index (χ2v) is 6.97. The van der Waals surface area contributed by atoms with Crippen LogP contribution in [0.25, 0.3) is 10.8 Å². The number of hydrogen-bond donors (Lipinski definition) is 2. The minimum absolute atomic E-state index is 0. The first-order valence-corrected chi connectivity index (χ1v) is 9.53. The van der Waals surface area contributed by atoms with E-state index in [1.807, 2.05) is 6.92 Å². The summed E-state index contributed by atoms with van der Waals surface area (Å²) in [6.07, 6.45) is 0.907. The number of guanidine groups is 1. The van der Waals surface area contributed by atoms with E-state index in [0.717, 1.165) is 36.2 Å². The molecule has 2 aromatic carbocycles. The molecule has 6 heteroatoms. The van der Waals surface area contributed by atoms with Gasteiger partial charge in [-0.15, -0.1) is 35.3 Å². The highest BCUT2D eigenvalue weighted by atomic mass is 127. The fourth-order valence-electron chi connectivity index (χ4n) is 2.68. The van der Waals surface area contributed by atoms with Crippen molar-refractivity contribution in [3.05, 3.63) is 64.1 Å². The highest BCUT2D eigenvalue weighted by molar-refractivity contribution is 14.0. The van der Waals surface area contributed by atoms with Crippen LogP contribution in [0.4, 0.5) is 0 Å². The van der Waals surface area contributed by atoms with E-state index in [1.165, 1.54) is 16.3 Å². The van der Waals surface area contributed by atoms with E-state index in [0.29, 0.717) is 6.54 Å². The normalized spacial score (nSPS) is 11.2. The number of aryl methyl sites for hydroxylation is 1. The second-order valence-electron chi connectivity index (χ2n) is 5.91. The number of aromatic nitrogens is 1. The molecule has 0 aliphatic carbocycles. The van der Waals surface area contributed by atoms with E-state index in [9.17, 15) is 0 Å². The molecule has 0 amide bonds. The summed E-state index contributed by atoms with van der Waals surface area (Å²) in [7, 11) is 0. The maximum atomic E-state index is 4.70. The van der Waals surface area contributed by atoms with Crippen LogP contribution in [0.15, 0.2) is 52.8 Å². The standard InChI is InChI=1S/C20H24N4S.HI/c1-3-21-20(22-11-10-19-14-25-15(2)24-19)23-13-16-8-9-17-6-4-5-7-18(17)12-16;/h4-9,12,14H,3,10-11,13H2,1-2H3,(H2,21,22,23);1H.